The number of amides is 1. The minimum absolute atomic E-state index is 0.0171. The van der Waals surface area contributed by atoms with Crippen LogP contribution < -0.4 is 10.6 Å². The predicted molar refractivity (Wildman–Crippen MR) is 178 cm³/mol. The SMILES string of the molecule is N=Cc1c(N)cccc1-c1nc(N2CCOCC2)c2sc(CN3CCN(C(=O)CCC(=O)/C=C/c4cccnc4)CC3)cc2n1. The number of allylic oxidation sites excluding steroid dienone is 1. The lowest BCUT2D eigenvalue weighted by Gasteiger charge is -2.34. The minimum Gasteiger partial charge on any atom is -0.398 e. The summed E-state index contributed by atoms with van der Waals surface area (Å²) < 4.78 is 6.64. The Balaban J connectivity index is 1.11. The van der Waals surface area contributed by atoms with E-state index in [1.165, 1.54) is 17.2 Å². The van der Waals surface area contributed by atoms with Gasteiger partial charge in [-0.3, -0.25) is 19.5 Å². The number of carbonyl (C=O) groups excluding carboxylic acids is 2. The molecule has 5 heterocycles. The lowest BCUT2D eigenvalue weighted by molar-refractivity contribution is -0.134. The highest BCUT2D eigenvalue weighted by Crippen LogP contribution is 2.36. The molecule has 1 aromatic carbocycles. The van der Waals surface area contributed by atoms with Crippen LogP contribution in [0.5, 0.6) is 0 Å². The number of nitrogen functional groups attached to an aromatic ring is 1. The molecule has 0 spiro atoms. The van der Waals surface area contributed by atoms with Gasteiger partial charge in [0.05, 0.1) is 23.4 Å². The number of anilines is 2. The molecular formula is C33H36N8O3S. The van der Waals surface area contributed by atoms with Crippen LogP contribution >= 0.6 is 11.3 Å². The molecule has 0 aliphatic carbocycles. The number of thiophene rings is 1. The van der Waals surface area contributed by atoms with E-state index in [2.05, 4.69) is 20.9 Å². The van der Waals surface area contributed by atoms with Crippen molar-refractivity contribution in [2.24, 2.45) is 0 Å². The second kappa shape index (κ2) is 14.1. The number of aromatic nitrogens is 3. The summed E-state index contributed by atoms with van der Waals surface area (Å²) in [6.07, 6.45) is 8.30. The van der Waals surface area contributed by atoms with E-state index in [1.807, 2.05) is 29.2 Å². The number of nitrogens with two attached hydrogens (primary N) is 1. The first-order chi connectivity index (χ1) is 22.0. The van der Waals surface area contributed by atoms with Crippen molar-refractivity contribution < 1.29 is 14.3 Å². The molecule has 11 nitrogen and oxygen atoms in total. The average Bonchev–Trinajstić information content (AvgIpc) is 3.49. The zero-order valence-electron chi connectivity index (χ0n) is 25.0. The standard InChI is InChI=1S/C33H36N8O3S/c34-20-27-26(4-1-5-28(27)35)32-37-29-19-25(45-31(29)33(38-32)41-15-17-44-18-16-41)22-39-11-13-40(14-12-39)30(43)9-8-24(42)7-6-23-3-2-10-36-21-23/h1-7,10,19-21,34H,8-9,11-18,22,35H2/b7-6+,34-20?. The summed E-state index contributed by atoms with van der Waals surface area (Å²) in [7, 11) is 0. The third kappa shape index (κ3) is 7.25. The normalized spacial score (nSPS) is 16.0. The molecule has 0 radical (unpaired) electrons. The third-order valence-electron chi connectivity index (χ3n) is 8.08. The van der Waals surface area contributed by atoms with Gasteiger partial charge in [0.15, 0.2) is 17.4 Å². The van der Waals surface area contributed by atoms with Gasteiger partial charge in [0, 0.05) is 99.0 Å². The van der Waals surface area contributed by atoms with E-state index in [-0.39, 0.29) is 24.5 Å². The lowest BCUT2D eigenvalue weighted by Crippen LogP contribution is -2.48. The van der Waals surface area contributed by atoms with Crippen molar-refractivity contribution in [3.63, 3.8) is 0 Å². The summed E-state index contributed by atoms with van der Waals surface area (Å²) in [5.41, 5.74) is 9.78. The van der Waals surface area contributed by atoms with E-state index in [4.69, 9.17) is 25.8 Å². The number of carbonyl (C=O) groups is 2. The van der Waals surface area contributed by atoms with E-state index in [9.17, 15) is 9.59 Å². The van der Waals surface area contributed by atoms with E-state index >= 15 is 0 Å². The van der Waals surface area contributed by atoms with Gasteiger partial charge in [-0.1, -0.05) is 18.2 Å². The fourth-order valence-electron chi connectivity index (χ4n) is 5.60. The molecule has 1 amide bonds. The van der Waals surface area contributed by atoms with Crippen LogP contribution in [0, 0.1) is 5.41 Å². The molecule has 12 heteroatoms. The number of piperazine rings is 1. The molecule has 6 rings (SSSR count). The van der Waals surface area contributed by atoms with Crippen molar-refractivity contribution in [1.29, 1.82) is 5.41 Å². The number of nitrogens with zero attached hydrogens (tertiary/aromatic N) is 6. The van der Waals surface area contributed by atoms with Crippen molar-refractivity contribution in [1.82, 2.24) is 24.8 Å². The molecule has 3 aromatic heterocycles. The second-order valence-corrected chi connectivity index (χ2v) is 12.2. The molecule has 45 heavy (non-hydrogen) atoms. The number of benzene rings is 1. The lowest BCUT2D eigenvalue weighted by atomic mass is 10.1. The zero-order chi connectivity index (χ0) is 31.2. The molecule has 0 atom stereocenters. The number of morpholine rings is 1. The highest BCUT2D eigenvalue weighted by atomic mass is 32.1. The van der Waals surface area contributed by atoms with Crippen LogP contribution in [0.1, 0.15) is 28.8 Å². The van der Waals surface area contributed by atoms with Crippen LogP contribution in [0.2, 0.25) is 0 Å². The van der Waals surface area contributed by atoms with Crippen molar-refractivity contribution >= 4 is 57.0 Å². The first kappa shape index (κ1) is 30.5. The number of ketones is 1. The summed E-state index contributed by atoms with van der Waals surface area (Å²) in [6, 6.07) is 11.4. The summed E-state index contributed by atoms with van der Waals surface area (Å²) in [4.78, 5) is 46.8. The highest BCUT2D eigenvalue weighted by molar-refractivity contribution is 7.19. The molecular weight excluding hydrogens is 588 g/mol. The van der Waals surface area contributed by atoms with Crippen LogP contribution in [0.15, 0.2) is 54.9 Å². The Kier molecular flexibility index (Phi) is 9.53. The highest BCUT2D eigenvalue weighted by Gasteiger charge is 2.24. The molecule has 2 aliphatic heterocycles. The number of fused-ring (bicyclic) bond motifs is 1. The molecule has 232 valence electrons. The fraction of sp³-hybridized carbons (Fsp3) is 0.333. The topological polar surface area (TPSA) is 142 Å². The van der Waals surface area contributed by atoms with Crippen molar-refractivity contribution in [3.8, 4) is 11.4 Å². The number of pyridine rings is 1. The molecule has 0 unspecified atom stereocenters. The molecule has 0 saturated carbocycles. The van der Waals surface area contributed by atoms with E-state index in [1.54, 1.807) is 35.9 Å². The van der Waals surface area contributed by atoms with E-state index in [0.717, 1.165) is 59.9 Å². The second-order valence-electron chi connectivity index (χ2n) is 11.1. The van der Waals surface area contributed by atoms with Gasteiger partial charge in [-0.2, -0.15) is 0 Å². The van der Waals surface area contributed by atoms with Crippen molar-refractivity contribution in [3.05, 3.63) is 70.9 Å². The van der Waals surface area contributed by atoms with Crippen LogP contribution in [-0.4, -0.2) is 95.1 Å². The first-order valence-corrected chi connectivity index (χ1v) is 15.9. The van der Waals surface area contributed by atoms with Gasteiger partial charge >= 0.3 is 0 Å². The van der Waals surface area contributed by atoms with E-state index in [0.29, 0.717) is 43.4 Å². The van der Waals surface area contributed by atoms with Gasteiger partial charge in [0.1, 0.15) is 0 Å². The maximum atomic E-state index is 12.8. The Morgan fingerprint density at radius 2 is 1.84 bits per heavy atom. The maximum absolute atomic E-state index is 12.8. The number of nitrogens with one attached hydrogen (secondary N) is 1. The summed E-state index contributed by atoms with van der Waals surface area (Å²) >= 11 is 1.70. The van der Waals surface area contributed by atoms with Crippen LogP contribution in [-0.2, 0) is 20.9 Å². The van der Waals surface area contributed by atoms with Crippen molar-refractivity contribution in [2.45, 2.75) is 19.4 Å². The van der Waals surface area contributed by atoms with Gasteiger partial charge in [-0.05, 0) is 35.9 Å². The maximum Gasteiger partial charge on any atom is 0.223 e. The van der Waals surface area contributed by atoms with Crippen LogP contribution in [0.4, 0.5) is 11.5 Å². The van der Waals surface area contributed by atoms with Gasteiger partial charge in [-0.25, -0.2) is 9.97 Å². The molecule has 3 N–H and O–H groups in total. The van der Waals surface area contributed by atoms with E-state index < -0.39 is 0 Å². The van der Waals surface area contributed by atoms with Crippen molar-refractivity contribution in [2.75, 3.05) is 63.1 Å². The Labute approximate surface area is 265 Å². The number of hydrogen-bond acceptors (Lipinski definition) is 11. The molecule has 2 saturated heterocycles. The van der Waals surface area contributed by atoms with Gasteiger partial charge < -0.3 is 25.7 Å². The first-order valence-electron chi connectivity index (χ1n) is 15.1. The summed E-state index contributed by atoms with van der Waals surface area (Å²) in [5.74, 6) is 1.39. The molecule has 2 fully saturated rings. The minimum atomic E-state index is -0.0666. The van der Waals surface area contributed by atoms with Crippen LogP contribution in [0.25, 0.3) is 27.7 Å². The number of hydrogen-bond donors (Lipinski definition) is 2. The zero-order valence-corrected chi connectivity index (χ0v) is 25.8. The van der Waals surface area contributed by atoms with Gasteiger partial charge in [0.2, 0.25) is 5.91 Å². The molecule has 2 aliphatic rings. The van der Waals surface area contributed by atoms with Crippen LogP contribution in [0.3, 0.4) is 0 Å². The Morgan fingerprint density at radius 3 is 2.60 bits per heavy atom. The number of rotatable bonds is 10. The van der Waals surface area contributed by atoms with Gasteiger partial charge in [-0.15, -0.1) is 11.3 Å². The largest absolute Gasteiger partial charge is 0.398 e. The summed E-state index contributed by atoms with van der Waals surface area (Å²) in [6.45, 7) is 6.31. The quantitative estimate of drug-likeness (QED) is 0.153. The fourth-order valence-corrected chi connectivity index (χ4v) is 6.76. The molecule has 4 aromatic rings. The Bertz CT molecular complexity index is 1710. The summed E-state index contributed by atoms with van der Waals surface area (Å²) in [5, 5.41) is 7.93. The smallest absolute Gasteiger partial charge is 0.223 e. The third-order valence-corrected chi connectivity index (χ3v) is 9.18. The predicted octanol–water partition coefficient (Wildman–Crippen LogP) is 3.88. The Hall–Kier alpha value is -4.52. The molecule has 0 bridgehead atoms. The number of ether oxygens (including phenoxy) is 1. The monoisotopic (exact) mass is 624 g/mol. The Morgan fingerprint density at radius 1 is 1.02 bits per heavy atom. The average molecular weight is 625 g/mol. The van der Waals surface area contributed by atoms with Gasteiger partial charge in [0.25, 0.3) is 0 Å².